The smallest absolute Gasteiger partial charge is 0.0208 e. The van der Waals surface area contributed by atoms with E-state index in [-0.39, 0.29) is 5.41 Å². The molecule has 0 atom stereocenters. The van der Waals surface area contributed by atoms with E-state index < -0.39 is 0 Å². The van der Waals surface area contributed by atoms with E-state index in [1.54, 1.807) is 0 Å². The molecule has 1 aliphatic carbocycles. The first-order chi connectivity index (χ1) is 8.97. The van der Waals surface area contributed by atoms with Crippen LogP contribution in [-0.2, 0) is 12.0 Å². The Morgan fingerprint density at radius 2 is 1.89 bits per heavy atom. The Bertz CT molecular complexity index is 414. The van der Waals surface area contributed by atoms with Gasteiger partial charge in [0, 0.05) is 25.7 Å². The van der Waals surface area contributed by atoms with Crippen LogP contribution < -0.4 is 10.6 Å². The van der Waals surface area contributed by atoms with Gasteiger partial charge in [0.05, 0.1) is 0 Å². The van der Waals surface area contributed by atoms with E-state index in [1.165, 1.54) is 29.5 Å². The van der Waals surface area contributed by atoms with Crippen molar-refractivity contribution >= 4 is 0 Å². The minimum Gasteiger partial charge on any atom is -0.313 e. The molecule has 0 amide bonds. The standard InChI is InChI=1S/C17H28N2/c1-13-11-15(17(2,3)4)6-5-14(13)12-18-9-10-19-16-7-8-16/h5-6,11,16,18-19H,7-10,12H2,1-4H3. The Kier molecular flexibility index (Phi) is 4.64. The molecule has 0 aliphatic heterocycles. The van der Waals surface area contributed by atoms with Crippen molar-refractivity contribution in [3.05, 3.63) is 34.9 Å². The second kappa shape index (κ2) is 6.06. The van der Waals surface area contributed by atoms with Crippen LogP contribution >= 0.6 is 0 Å². The first kappa shape index (κ1) is 14.5. The lowest BCUT2D eigenvalue weighted by Gasteiger charge is -2.20. The van der Waals surface area contributed by atoms with Gasteiger partial charge in [-0.15, -0.1) is 0 Å². The van der Waals surface area contributed by atoms with Crippen LogP contribution in [0.15, 0.2) is 18.2 Å². The highest BCUT2D eigenvalue weighted by Gasteiger charge is 2.19. The number of nitrogens with one attached hydrogen (secondary N) is 2. The quantitative estimate of drug-likeness (QED) is 0.768. The average molecular weight is 260 g/mol. The maximum absolute atomic E-state index is 3.52. The van der Waals surface area contributed by atoms with Crippen LogP contribution in [0.4, 0.5) is 0 Å². The summed E-state index contributed by atoms with van der Waals surface area (Å²) in [6.07, 6.45) is 2.74. The molecule has 19 heavy (non-hydrogen) atoms. The van der Waals surface area contributed by atoms with Gasteiger partial charge in [-0.3, -0.25) is 0 Å². The highest BCUT2D eigenvalue weighted by atomic mass is 15.0. The van der Waals surface area contributed by atoms with E-state index in [1.807, 2.05) is 0 Å². The predicted molar refractivity (Wildman–Crippen MR) is 82.6 cm³/mol. The molecule has 2 rings (SSSR count). The van der Waals surface area contributed by atoms with E-state index in [0.717, 1.165) is 25.7 Å². The van der Waals surface area contributed by atoms with Crippen LogP contribution in [0, 0.1) is 6.92 Å². The van der Waals surface area contributed by atoms with Crippen LogP contribution in [0.25, 0.3) is 0 Å². The Morgan fingerprint density at radius 1 is 1.16 bits per heavy atom. The maximum atomic E-state index is 3.52. The van der Waals surface area contributed by atoms with E-state index in [2.05, 4.69) is 56.5 Å². The molecule has 0 spiro atoms. The lowest BCUT2D eigenvalue weighted by atomic mass is 9.85. The van der Waals surface area contributed by atoms with Gasteiger partial charge in [0.25, 0.3) is 0 Å². The fourth-order valence-corrected chi connectivity index (χ4v) is 2.24. The fraction of sp³-hybridized carbons (Fsp3) is 0.647. The molecule has 1 fully saturated rings. The van der Waals surface area contributed by atoms with Gasteiger partial charge in [0.1, 0.15) is 0 Å². The fourth-order valence-electron chi connectivity index (χ4n) is 2.24. The largest absolute Gasteiger partial charge is 0.313 e. The van der Waals surface area contributed by atoms with Crippen molar-refractivity contribution in [2.45, 2.75) is 58.5 Å². The molecule has 0 unspecified atom stereocenters. The summed E-state index contributed by atoms with van der Waals surface area (Å²) >= 11 is 0. The van der Waals surface area contributed by atoms with Gasteiger partial charge < -0.3 is 10.6 Å². The van der Waals surface area contributed by atoms with Gasteiger partial charge in [0.2, 0.25) is 0 Å². The van der Waals surface area contributed by atoms with Crippen molar-refractivity contribution < 1.29 is 0 Å². The molecule has 0 heterocycles. The summed E-state index contributed by atoms with van der Waals surface area (Å²) in [5.74, 6) is 0. The summed E-state index contributed by atoms with van der Waals surface area (Å²) in [5.41, 5.74) is 4.48. The minimum atomic E-state index is 0.241. The van der Waals surface area contributed by atoms with Crippen molar-refractivity contribution in [3.63, 3.8) is 0 Å². The van der Waals surface area contributed by atoms with E-state index in [0.29, 0.717) is 0 Å². The molecular formula is C17H28N2. The third-order valence-corrected chi connectivity index (χ3v) is 3.84. The Hall–Kier alpha value is -0.860. The second-order valence-corrected chi connectivity index (χ2v) is 6.80. The number of rotatable bonds is 6. The van der Waals surface area contributed by atoms with E-state index in [9.17, 15) is 0 Å². The van der Waals surface area contributed by atoms with Gasteiger partial charge in [-0.05, 0) is 41.9 Å². The summed E-state index contributed by atoms with van der Waals surface area (Å²) in [6.45, 7) is 12.1. The van der Waals surface area contributed by atoms with Crippen molar-refractivity contribution in [3.8, 4) is 0 Å². The van der Waals surface area contributed by atoms with Gasteiger partial charge in [-0.1, -0.05) is 39.0 Å². The molecule has 1 aromatic carbocycles. The third kappa shape index (κ3) is 4.63. The molecule has 1 saturated carbocycles. The van der Waals surface area contributed by atoms with Crippen LogP contribution in [0.2, 0.25) is 0 Å². The molecule has 1 aromatic rings. The number of benzene rings is 1. The zero-order chi connectivity index (χ0) is 13.9. The van der Waals surface area contributed by atoms with Gasteiger partial charge in [-0.25, -0.2) is 0 Å². The third-order valence-electron chi connectivity index (χ3n) is 3.84. The van der Waals surface area contributed by atoms with Crippen LogP contribution in [0.5, 0.6) is 0 Å². The predicted octanol–water partition coefficient (Wildman–Crippen LogP) is 3.13. The Morgan fingerprint density at radius 3 is 2.47 bits per heavy atom. The van der Waals surface area contributed by atoms with E-state index >= 15 is 0 Å². The molecule has 2 N–H and O–H groups in total. The summed E-state index contributed by atoms with van der Waals surface area (Å²) in [6, 6.07) is 7.69. The summed E-state index contributed by atoms with van der Waals surface area (Å²) in [7, 11) is 0. The zero-order valence-corrected chi connectivity index (χ0v) is 12.8. The average Bonchev–Trinajstić information content (AvgIpc) is 3.13. The van der Waals surface area contributed by atoms with Crippen LogP contribution in [0.1, 0.15) is 50.3 Å². The first-order valence-corrected chi connectivity index (χ1v) is 7.51. The normalized spacial score (nSPS) is 15.8. The molecule has 0 aromatic heterocycles. The second-order valence-electron chi connectivity index (χ2n) is 6.80. The summed E-state index contributed by atoms with van der Waals surface area (Å²) in [5, 5.41) is 7.05. The van der Waals surface area contributed by atoms with Gasteiger partial charge in [-0.2, -0.15) is 0 Å². The van der Waals surface area contributed by atoms with Gasteiger partial charge in [0.15, 0.2) is 0 Å². The maximum Gasteiger partial charge on any atom is 0.0208 e. The molecule has 0 saturated heterocycles. The first-order valence-electron chi connectivity index (χ1n) is 7.51. The van der Waals surface area contributed by atoms with Crippen molar-refractivity contribution in [2.24, 2.45) is 0 Å². The topological polar surface area (TPSA) is 24.1 Å². The number of hydrogen-bond acceptors (Lipinski definition) is 2. The van der Waals surface area contributed by atoms with Crippen LogP contribution in [0.3, 0.4) is 0 Å². The highest BCUT2D eigenvalue weighted by Crippen LogP contribution is 2.24. The van der Waals surface area contributed by atoms with Crippen LogP contribution in [-0.4, -0.2) is 19.1 Å². The highest BCUT2D eigenvalue weighted by molar-refractivity contribution is 5.34. The molecule has 1 aliphatic rings. The summed E-state index contributed by atoms with van der Waals surface area (Å²) < 4.78 is 0. The number of aryl methyl sites for hydroxylation is 1. The Labute approximate surface area is 118 Å². The van der Waals surface area contributed by atoms with Crippen molar-refractivity contribution in [1.82, 2.24) is 10.6 Å². The summed E-state index contributed by atoms with van der Waals surface area (Å²) in [4.78, 5) is 0. The molecule has 2 nitrogen and oxygen atoms in total. The molecule has 106 valence electrons. The zero-order valence-electron chi connectivity index (χ0n) is 12.8. The lowest BCUT2D eigenvalue weighted by Crippen LogP contribution is -2.28. The monoisotopic (exact) mass is 260 g/mol. The molecule has 2 heteroatoms. The van der Waals surface area contributed by atoms with Crippen molar-refractivity contribution in [1.29, 1.82) is 0 Å². The molecule has 0 radical (unpaired) electrons. The SMILES string of the molecule is Cc1cc(C(C)(C)C)ccc1CNCCNC1CC1. The molecule has 0 bridgehead atoms. The molecular weight excluding hydrogens is 232 g/mol. The minimum absolute atomic E-state index is 0.241. The van der Waals surface area contributed by atoms with Crippen molar-refractivity contribution in [2.75, 3.05) is 13.1 Å². The Balaban J connectivity index is 1.79. The lowest BCUT2D eigenvalue weighted by molar-refractivity contribution is 0.587. The van der Waals surface area contributed by atoms with Gasteiger partial charge >= 0.3 is 0 Å². The number of hydrogen-bond donors (Lipinski definition) is 2. The van der Waals surface area contributed by atoms with E-state index in [4.69, 9.17) is 0 Å².